The van der Waals surface area contributed by atoms with Crippen molar-refractivity contribution in [1.29, 1.82) is 0 Å². The molecular weight excluding hydrogens is 234 g/mol. The third kappa shape index (κ3) is 3.19. The second-order valence-electron chi connectivity index (χ2n) is 4.54. The highest BCUT2D eigenvalue weighted by Gasteiger charge is 2.26. The van der Waals surface area contributed by atoms with Crippen molar-refractivity contribution in [2.45, 2.75) is 19.4 Å². The highest BCUT2D eigenvalue weighted by Crippen LogP contribution is 2.15. The average Bonchev–Trinajstić information content (AvgIpc) is 2.27. The number of aromatic nitrogens is 3. The van der Waals surface area contributed by atoms with Crippen LogP contribution in [0.5, 0.6) is 0 Å². The Bertz CT molecular complexity index is 444. The van der Waals surface area contributed by atoms with Crippen LogP contribution in [-0.2, 0) is 4.79 Å². The monoisotopic (exact) mass is 253 g/mol. The third-order valence-corrected chi connectivity index (χ3v) is 2.29. The number of amides is 1. The number of carbonyl (C=O) groups is 1. The van der Waals surface area contributed by atoms with E-state index in [4.69, 9.17) is 5.73 Å². The zero-order valence-corrected chi connectivity index (χ0v) is 11.3. The second kappa shape index (κ2) is 5.03. The summed E-state index contributed by atoms with van der Waals surface area (Å²) in [5.41, 5.74) is 4.35. The minimum absolute atomic E-state index is 0.293. The van der Waals surface area contributed by atoms with Crippen LogP contribution in [-0.4, -0.2) is 47.5 Å². The topological polar surface area (TPSA) is 109 Å². The van der Waals surface area contributed by atoms with Gasteiger partial charge in [-0.1, -0.05) is 0 Å². The van der Waals surface area contributed by atoms with Gasteiger partial charge in [0.15, 0.2) is 0 Å². The maximum Gasteiger partial charge on any atom is 0.242 e. The van der Waals surface area contributed by atoms with E-state index >= 15 is 0 Å². The van der Waals surface area contributed by atoms with Crippen molar-refractivity contribution in [1.82, 2.24) is 15.0 Å². The molecule has 0 aliphatic heterocycles. The van der Waals surface area contributed by atoms with Crippen LogP contribution < -0.4 is 21.3 Å². The van der Waals surface area contributed by atoms with Crippen LogP contribution in [0.2, 0.25) is 0 Å². The molecule has 0 bridgehead atoms. The van der Waals surface area contributed by atoms with Gasteiger partial charge in [0.1, 0.15) is 5.54 Å². The summed E-state index contributed by atoms with van der Waals surface area (Å²) < 4.78 is 0. The van der Waals surface area contributed by atoms with Crippen LogP contribution in [0, 0.1) is 0 Å². The summed E-state index contributed by atoms with van der Waals surface area (Å²) in [6.07, 6.45) is 0. The molecule has 0 aromatic carbocycles. The number of anilines is 3. The molecule has 8 heteroatoms. The lowest BCUT2D eigenvalue weighted by atomic mass is 10.1. The molecule has 0 fully saturated rings. The molecule has 0 atom stereocenters. The molecule has 0 spiro atoms. The van der Waals surface area contributed by atoms with Gasteiger partial charge in [-0.15, -0.1) is 0 Å². The number of nitrogens with one attached hydrogen (secondary N) is 2. The van der Waals surface area contributed by atoms with Gasteiger partial charge >= 0.3 is 0 Å². The van der Waals surface area contributed by atoms with Gasteiger partial charge in [0.05, 0.1) is 0 Å². The van der Waals surface area contributed by atoms with Gasteiger partial charge in [-0.05, 0) is 13.8 Å². The van der Waals surface area contributed by atoms with E-state index in [0.29, 0.717) is 17.8 Å². The van der Waals surface area contributed by atoms with Gasteiger partial charge in [0, 0.05) is 21.1 Å². The van der Waals surface area contributed by atoms with Crippen molar-refractivity contribution < 1.29 is 4.79 Å². The molecule has 100 valence electrons. The van der Waals surface area contributed by atoms with Crippen molar-refractivity contribution in [2.24, 2.45) is 5.73 Å². The molecule has 0 saturated carbocycles. The summed E-state index contributed by atoms with van der Waals surface area (Å²) in [6.45, 7) is 3.32. The van der Waals surface area contributed by atoms with Crippen molar-refractivity contribution in [3.8, 4) is 0 Å². The summed E-state index contributed by atoms with van der Waals surface area (Å²) in [6, 6.07) is 0. The first kappa shape index (κ1) is 13.9. The first-order valence-electron chi connectivity index (χ1n) is 5.45. The molecular formula is C10H19N7O. The molecule has 0 radical (unpaired) electrons. The number of hydrogen-bond donors (Lipinski definition) is 3. The Morgan fingerprint density at radius 1 is 1.22 bits per heavy atom. The van der Waals surface area contributed by atoms with E-state index in [1.807, 2.05) is 14.1 Å². The third-order valence-electron chi connectivity index (χ3n) is 2.29. The van der Waals surface area contributed by atoms with Gasteiger partial charge in [-0.25, -0.2) is 0 Å². The Hall–Kier alpha value is -2.12. The molecule has 1 aromatic heterocycles. The Balaban J connectivity index is 3.09. The molecule has 8 nitrogen and oxygen atoms in total. The normalized spacial score (nSPS) is 10.9. The van der Waals surface area contributed by atoms with Crippen LogP contribution in [0.3, 0.4) is 0 Å². The zero-order chi connectivity index (χ0) is 13.9. The Labute approximate surface area is 106 Å². The standard InChI is InChI=1S/C10H19N7O/c1-10(2,6(11)18)16-8-13-7(12-3)14-9(15-8)17(4)5/h1-5H3,(H2,11,18)(H2,12,13,14,15,16). The van der Waals surface area contributed by atoms with Crippen LogP contribution >= 0.6 is 0 Å². The molecule has 1 amide bonds. The lowest BCUT2D eigenvalue weighted by molar-refractivity contribution is -0.121. The molecule has 1 heterocycles. The molecule has 0 saturated heterocycles. The smallest absolute Gasteiger partial charge is 0.242 e. The molecule has 0 aliphatic rings. The largest absolute Gasteiger partial charge is 0.368 e. The second-order valence-corrected chi connectivity index (χ2v) is 4.54. The highest BCUT2D eigenvalue weighted by atomic mass is 16.1. The SMILES string of the molecule is CNc1nc(NC(C)(C)C(N)=O)nc(N(C)C)n1. The first-order chi connectivity index (χ1) is 8.26. The molecule has 18 heavy (non-hydrogen) atoms. The van der Waals surface area contributed by atoms with Gasteiger partial charge in [0.25, 0.3) is 0 Å². The Morgan fingerprint density at radius 3 is 2.22 bits per heavy atom. The van der Waals surface area contributed by atoms with E-state index in [1.54, 1.807) is 25.8 Å². The summed E-state index contributed by atoms with van der Waals surface area (Å²) in [7, 11) is 5.34. The van der Waals surface area contributed by atoms with Crippen molar-refractivity contribution in [3.05, 3.63) is 0 Å². The minimum atomic E-state index is -0.935. The number of hydrogen-bond acceptors (Lipinski definition) is 7. The fourth-order valence-electron chi connectivity index (χ4n) is 1.07. The first-order valence-corrected chi connectivity index (χ1v) is 5.45. The zero-order valence-electron chi connectivity index (χ0n) is 11.3. The van der Waals surface area contributed by atoms with Gasteiger partial charge in [-0.3, -0.25) is 4.79 Å². The van der Waals surface area contributed by atoms with Gasteiger partial charge in [0.2, 0.25) is 23.8 Å². The van der Waals surface area contributed by atoms with Crippen LogP contribution in [0.15, 0.2) is 0 Å². The fraction of sp³-hybridized carbons (Fsp3) is 0.600. The predicted octanol–water partition coefficient (Wildman–Crippen LogP) is -0.345. The summed E-state index contributed by atoms with van der Waals surface area (Å²) in [5.74, 6) is 0.704. The number of nitrogens with zero attached hydrogens (tertiary/aromatic N) is 4. The van der Waals surface area contributed by atoms with Gasteiger partial charge in [-0.2, -0.15) is 15.0 Å². The number of carbonyl (C=O) groups excluding carboxylic acids is 1. The summed E-state index contributed by atoms with van der Waals surface area (Å²) in [5, 5.41) is 5.72. The molecule has 1 aromatic rings. The molecule has 0 aliphatic carbocycles. The van der Waals surface area contributed by atoms with E-state index in [-0.39, 0.29) is 0 Å². The fourth-order valence-corrected chi connectivity index (χ4v) is 1.07. The van der Waals surface area contributed by atoms with Crippen LogP contribution in [0.25, 0.3) is 0 Å². The number of nitrogens with two attached hydrogens (primary N) is 1. The maximum atomic E-state index is 11.3. The molecule has 0 unspecified atom stereocenters. The predicted molar refractivity (Wildman–Crippen MR) is 70.6 cm³/mol. The van der Waals surface area contributed by atoms with Gasteiger partial charge < -0.3 is 21.3 Å². The van der Waals surface area contributed by atoms with Crippen molar-refractivity contribution in [3.63, 3.8) is 0 Å². The lowest BCUT2D eigenvalue weighted by Crippen LogP contribution is -2.45. The highest BCUT2D eigenvalue weighted by molar-refractivity contribution is 5.86. The van der Waals surface area contributed by atoms with E-state index in [9.17, 15) is 4.79 Å². The number of rotatable bonds is 5. The van der Waals surface area contributed by atoms with Crippen LogP contribution in [0.4, 0.5) is 17.8 Å². The lowest BCUT2D eigenvalue weighted by Gasteiger charge is -2.23. The van der Waals surface area contributed by atoms with E-state index in [2.05, 4.69) is 25.6 Å². The maximum absolute atomic E-state index is 11.3. The Kier molecular flexibility index (Phi) is 3.89. The summed E-state index contributed by atoms with van der Waals surface area (Å²) >= 11 is 0. The molecule has 1 rings (SSSR count). The average molecular weight is 253 g/mol. The van der Waals surface area contributed by atoms with Crippen molar-refractivity contribution >= 4 is 23.8 Å². The molecule has 4 N–H and O–H groups in total. The van der Waals surface area contributed by atoms with Crippen LogP contribution in [0.1, 0.15) is 13.8 Å². The van der Waals surface area contributed by atoms with E-state index < -0.39 is 11.4 Å². The summed E-state index contributed by atoms with van der Waals surface area (Å²) in [4.78, 5) is 25.5. The van der Waals surface area contributed by atoms with Crippen molar-refractivity contribution in [2.75, 3.05) is 36.7 Å². The van der Waals surface area contributed by atoms with E-state index in [1.165, 1.54) is 0 Å². The number of primary amides is 1. The van der Waals surface area contributed by atoms with E-state index in [0.717, 1.165) is 0 Å². The minimum Gasteiger partial charge on any atom is -0.368 e. The quantitative estimate of drug-likeness (QED) is 0.658. The Morgan fingerprint density at radius 2 is 1.78 bits per heavy atom.